The molecule has 0 aromatic heterocycles. The predicted molar refractivity (Wildman–Crippen MR) is 62.4 cm³/mol. The molecule has 1 aromatic rings. The summed E-state index contributed by atoms with van der Waals surface area (Å²) in [4.78, 5) is 24.7. The minimum atomic E-state index is -0.891. The third-order valence-corrected chi connectivity index (χ3v) is 3.52. The number of nitrogens with zero attached hydrogens (tertiary/aromatic N) is 1. The lowest BCUT2D eigenvalue weighted by Gasteiger charge is -2.35. The first-order valence-corrected chi connectivity index (χ1v) is 5.86. The topological polar surface area (TPSA) is 57.6 Å². The van der Waals surface area contributed by atoms with Crippen molar-refractivity contribution in [3.05, 3.63) is 28.8 Å². The minimum absolute atomic E-state index is 0.168. The van der Waals surface area contributed by atoms with Gasteiger partial charge in [-0.3, -0.25) is 4.79 Å². The van der Waals surface area contributed by atoms with Crippen molar-refractivity contribution in [2.24, 2.45) is 0 Å². The number of aromatic carboxylic acids is 1. The Balaban J connectivity index is 2.20. The van der Waals surface area contributed by atoms with E-state index in [4.69, 9.17) is 5.11 Å². The van der Waals surface area contributed by atoms with Crippen molar-refractivity contribution < 1.29 is 14.7 Å². The average molecular weight is 231 g/mol. The van der Waals surface area contributed by atoms with Crippen molar-refractivity contribution in [3.63, 3.8) is 0 Å². The fraction of sp³-hybridized carbons (Fsp3) is 0.385. The van der Waals surface area contributed by atoms with Crippen LogP contribution in [-0.4, -0.2) is 23.5 Å². The van der Waals surface area contributed by atoms with Gasteiger partial charge in [0, 0.05) is 13.0 Å². The average Bonchev–Trinajstić information content (AvgIpc) is 2.33. The summed E-state index contributed by atoms with van der Waals surface area (Å²) in [6, 6.07) is 3.43. The largest absolute Gasteiger partial charge is 0.478 e. The van der Waals surface area contributed by atoms with Crippen LogP contribution >= 0.6 is 0 Å². The van der Waals surface area contributed by atoms with E-state index < -0.39 is 5.97 Å². The molecule has 4 nitrogen and oxygen atoms in total. The van der Waals surface area contributed by atoms with Crippen molar-refractivity contribution in [2.75, 3.05) is 11.4 Å². The Morgan fingerprint density at radius 3 is 2.59 bits per heavy atom. The molecule has 4 heteroatoms. The summed E-state index contributed by atoms with van der Waals surface area (Å²) in [5.74, 6) is -0.723. The van der Waals surface area contributed by atoms with Crippen molar-refractivity contribution >= 4 is 17.6 Å². The molecule has 0 saturated heterocycles. The smallest absolute Gasteiger partial charge is 0.335 e. The molecule has 1 amide bonds. The van der Waals surface area contributed by atoms with E-state index in [-0.39, 0.29) is 5.91 Å². The van der Waals surface area contributed by atoms with E-state index in [1.54, 1.807) is 12.1 Å². The van der Waals surface area contributed by atoms with E-state index in [9.17, 15) is 9.59 Å². The van der Waals surface area contributed by atoms with Crippen LogP contribution in [0.25, 0.3) is 0 Å². The van der Waals surface area contributed by atoms with E-state index in [0.29, 0.717) is 18.4 Å². The number of carboxylic acid groups (broad SMARTS) is 1. The van der Waals surface area contributed by atoms with E-state index >= 15 is 0 Å². The van der Waals surface area contributed by atoms with E-state index in [0.717, 1.165) is 36.2 Å². The van der Waals surface area contributed by atoms with Crippen molar-refractivity contribution in [2.45, 2.75) is 25.7 Å². The van der Waals surface area contributed by atoms with Gasteiger partial charge in [0.1, 0.15) is 0 Å². The first-order chi connectivity index (χ1) is 8.16. The Labute approximate surface area is 98.9 Å². The molecule has 0 aliphatic carbocycles. The lowest BCUT2D eigenvalue weighted by molar-refractivity contribution is -0.119. The van der Waals surface area contributed by atoms with Gasteiger partial charge in [-0.15, -0.1) is 0 Å². The molecule has 0 bridgehead atoms. The monoisotopic (exact) mass is 231 g/mol. The van der Waals surface area contributed by atoms with Crippen molar-refractivity contribution in [1.82, 2.24) is 0 Å². The minimum Gasteiger partial charge on any atom is -0.478 e. The SMILES string of the molecule is O=C(O)c1cc2c3c(c1)CCC(=O)N3CCC2. The van der Waals surface area contributed by atoms with Gasteiger partial charge in [-0.05, 0) is 42.5 Å². The second kappa shape index (κ2) is 3.58. The Kier molecular flexibility index (Phi) is 2.18. The van der Waals surface area contributed by atoms with Gasteiger partial charge >= 0.3 is 5.97 Å². The third-order valence-electron chi connectivity index (χ3n) is 3.52. The summed E-state index contributed by atoms with van der Waals surface area (Å²) >= 11 is 0. The molecule has 88 valence electrons. The van der Waals surface area contributed by atoms with Gasteiger partial charge in [0.2, 0.25) is 5.91 Å². The molecule has 0 spiro atoms. The number of rotatable bonds is 1. The molecule has 1 N–H and O–H groups in total. The zero-order valence-electron chi connectivity index (χ0n) is 9.40. The van der Waals surface area contributed by atoms with Crippen LogP contribution in [0.5, 0.6) is 0 Å². The van der Waals surface area contributed by atoms with Crippen LogP contribution in [0.4, 0.5) is 5.69 Å². The number of carbonyl (C=O) groups is 2. The number of benzene rings is 1. The number of anilines is 1. The van der Waals surface area contributed by atoms with Gasteiger partial charge in [-0.1, -0.05) is 0 Å². The summed E-state index contributed by atoms with van der Waals surface area (Å²) in [7, 11) is 0. The molecular weight excluding hydrogens is 218 g/mol. The molecule has 0 fully saturated rings. The van der Waals surface area contributed by atoms with Gasteiger partial charge in [0.05, 0.1) is 11.3 Å². The lowest BCUT2D eigenvalue weighted by Crippen LogP contribution is -2.39. The molecular formula is C13H13NO3. The van der Waals surface area contributed by atoms with Crippen LogP contribution in [0.15, 0.2) is 12.1 Å². The standard InChI is InChI=1S/C13H13NO3/c15-11-4-3-9-7-10(13(16)17)6-8-2-1-5-14(11)12(8)9/h6-7H,1-5H2,(H,16,17). The maximum Gasteiger partial charge on any atom is 0.335 e. The van der Waals surface area contributed by atoms with Gasteiger partial charge in [0.15, 0.2) is 0 Å². The summed E-state index contributed by atoms with van der Waals surface area (Å²) in [5.41, 5.74) is 3.35. The summed E-state index contributed by atoms with van der Waals surface area (Å²) < 4.78 is 0. The van der Waals surface area contributed by atoms with Crippen LogP contribution < -0.4 is 4.90 Å². The number of hydrogen-bond donors (Lipinski definition) is 1. The van der Waals surface area contributed by atoms with Gasteiger partial charge < -0.3 is 10.0 Å². The predicted octanol–water partition coefficient (Wildman–Crippen LogP) is 1.61. The highest BCUT2D eigenvalue weighted by Crippen LogP contribution is 2.36. The van der Waals surface area contributed by atoms with E-state index in [2.05, 4.69) is 0 Å². The van der Waals surface area contributed by atoms with Crippen LogP contribution in [0.1, 0.15) is 34.3 Å². The van der Waals surface area contributed by atoms with Crippen LogP contribution in [0, 0.1) is 0 Å². The highest BCUT2D eigenvalue weighted by atomic mass is 16.4. The molecule has 1 aromatic carbocycles. The number of carboxylic acids is 1. The highest BCUT2D eigenvalue weighted by Gasteiger charge is 2.30. The first kappa shape index (κ1) is 10.3. The molecule has 2 aliphatic rings. The van der Waals surface area contributed by atoms with Crippen LogP contribution in [-0.2, 0) is 17.6 Å². The number of amides is 1. The zero-order chi connectivity index (χ0) is 12.0. The van der Waals surface area contributed by atoms with E-state index in [1.165, 1.54) is 0 Å². The molecule has 2 heterocycles. The summed E-state index contributed by atoms with van der Waals surface area (Å²) in [6.07, 6.45) is 2.95. The Morgan fingerprint density at radius 1 is 1.18 bits per heavy atom. The van der Waals surface area contributed by atoms with Gasteiger partial charge in [-0.2, -0.15) is 0 Å². The second-order valence-corrected chi connectivity index (χ2v) is 4.60. The quantitative estimate of drug-likeness (QED) is 0.798. The fourth-order valence-electron chi connectivity index (χ4n) is 2.78. The highest BCUT2D eigenvalue weighted by molar-refractivity contribution is 5.99. The molecule has 0 unspecified atom stereocenters. The Hall–Kier alpha value is -1.84. The summed E-state index contributed by atoms with van der Waals surface area (Å²) in [5, 5.41) is 9.06. The van der Waals surface area contributed by atoms with Crippen LogP contribution in [0.3, 0.4) is 0 Å². The maximum atomic E-state index is 11.8. The Morgan fingerprint density at radius 2 is 1.88 bits per heavy atom. The molecule has 2 aliphatic heterocycles. The lowest BCUT2D eigenvalue weighted by atomic mass is 9.90. The first-order valence-electron chi connectivity index (χ1n) is 5.86. The number of carbonyl (C=O) groups excluding carboxylic acids is 1. The third kappa shape index (κ3) is 1.52. The molecule has 0 radical (unpaired) electrons. The maximum absolute atomic E-state index is 11.8. The molecule has 17 heavy (non-hydrogen) atoms. The second-order valence-electron chi connectivity index (χ2n) is 4.60. The van der Waals surface area contributed by atoms with E-state index in [1.807, 2.05) is 4.90 Å². The van der Waals surface area contributed by atoms with Crippen LogP contribution in [0.2, 0.25) is 0 Å². The number of aryl methyl sites for hydroxylation is 2. The Bertz CT molecular complexity index is 504. The zero-order valence-corrected chi connectivity index (χ0v) is 9.40. The molecule has 0 atom stereocenters. The molecule has 3 rings (SSSR count). The molecule has 0 saturated carbocycles. The fourth-order valence-corrected chi connectivity index (χ4v) is 2.78. The number of hydrogen-bond acceptors (Lipinski definition) is 2. The van der Waals surface area contributed by atoms with Gasteiger partial charge in [0.25, 0.3) is 0 Å². The summed E-state index contributed by atoms with van der Waals surface area (Å²) in [6.45, 7) is 0.769. The van der Waals surface area contributed by atoms with Crippen molar-refractivity contribution in [3.8, 4) is 0 Å². The van der Waals surface area contributed by atoms with Gasteiger partial charge in [-0.25, -0.2) is 4.79 Å². The van der Waals surface area contributed by atoms with Crippen molar-refractivity contribution in [1.29, 1.82) is 0 Å². The normalized spacial score (nSPS) is 17.9.